The second kappa shape index (κ2) is 24.0. The molecule has 0 radical (unpaired) electrons. The van der Waals surface area contributed by atoms with Crippen LogP contribution in [0.3, 0.4) is 0 Å². The zero-order valence-corrected chi connectivity index (χ0v) is 56.2. The quantitative estimate of drug-likeness (QED) is 0.121. The molecule has 4 heterocycles. The Bertz CT molecular complexity index is 6180. The Morgan fingerprint density at radius 2 is 0.549 bits per heavy atom. The second-order valence-corrected chi connectivity index (χ2v) is 26.2. The first-order valence-corrected chi connectivity index (χ1v) is 32.7. The van der Waals surface area contributed by atoms with Gasteiger partial charge < -0.3 is 18.3 Å². The van der Waals surface area contributed by atoms with Gasteiger partial charge in [-0.15, -0.1) is 0 Å². The van der Waals surface area contributed by atoms with Crippen LogP contribution in [0.2, 0.25) is 0 Å². The molecule has 16 rings (SSSR count). The number of alkyl halides is 9. The van der Waals surface area contributed by atoms with E-state index in [9.17, 15) is 31.6 Å². The molecule has 0 unspecified atom stereocenters. The predicted molar refractivity (Wildman–Crippen MR) is 391 cm³/mol. The number of nitriles is 1. The molecule has 16 aromatic rings. The number of rotatable bonds is 6. The van der Waals surface area contributed by atoms with E-state index in [0.29, 0.717) is 45.8 Å². The van der Waals surface area contributed by atoms with Crippen molar-refractivity contribution in [2.75, 3.05) is 0 Å². The van der Waals surface area contributed by atoms with Crippen molar-refractivity contribution in [1.29, 1.82) is 5.26 Å². The molecule has 0 atom stereocenters. The lowest BCUT2D eigenvalue weighted by atomic mass is 9.95. The molecule has 0 amide bonds. The summed E-state index contributed by atoms with van der Waals surface area (Å²) in [5.74, 6) is 0. The van der Waals surface area contributed by atoms with E-state index < -0.39 is 46.5 Å². The van der Waals surface area contributed by atoms with Crippen LogP contribution in [-0.4, -0.2) is 18.3 Å². The Kier molecular flexibility index (Phi) is 15.4. The van der Waals surface area contributed by atoms with Crippen molar-refractivity contribution >= 4 is 98.6 Å². The fraction of sp³-hybridized carbons (Fsp3) is 0.128. The molecule has 0 fully saturated rings. The molecule has 0 saturated heterocycles. The zero-order valence-electron chi connectivity index (χ0n) is 56.2. The highest BCUT2D eigenvalue weighted by molar-refractivity contribution is 6.17. The van der Waals surface area contributed by atoms with Crippen LogP contribution in [0.5, 0.6) is 0 Å². The minimum absolute atomic E-state index is 0.150. The van der Waals surface area contributed by atoms with Crippen LogP contribution in [0.15, 0.2) is 206 Å². The number of aromatic nitrogens is 4. The van der Waals surface area contributed by atoms with E-state index in [1.165, 1.54) is 12.1 Å². The first-order chi connectivity index (χ1) is 48.7. The molecule has 4 aromatic heterocycles. The number of hydrogen-bond acceptors (Lipinski definition) is 1. The van der Waals surface area contributed by atoms with Crippen molar-refractivity contribution in [3.8, 4) is 51.1 Å². The summed E-state index contributed by atoms with van der Waals surface area (Å²) in [5.41, 5.74) is 12.8. The van der Waals surface area contributed by atoms with Crippen molar-refractivity contribution in [3.63, 3.8) is 0 Å². The molecule has 500 valence electrons. The number of aryl methyl sites for hydroxylation is 8. The number of halogens is 9. The van der Waals surface area contributed by atoms with Gasteiger partial charge in [0.25, 0.3) is 0 Å². The van der Waals surface area contributed by atoms with Crippen LogP contribution in [0, 0.1) is 79.9 Å². The average Bonchev–Trinajstić information content (AvgIpc) is 1.55. The number of hydrogen-bond donors (Lipinski definition) is 0. The van der Waals surface area contributed by atoms with Crippen molar-refractivity contribution in [1.82, 2.24) is 18.3 Å². The molecule has 12 aromatic carbocycles. The van der Waals surface area contributed by atoms with E-state index in [2.05, 4.69) is 101 Å². The van der Waals surface area contributed by atoms with Gasteiger partial charge in [0, 0.05) is 59.8 Å². The third kappa shape index (κ3) is 10.4. The van der Waals surface area contributed by atoms with Gasteiger partial charge in [-0.2, -0.15) is 44.8 Å². The van der Waals surface area contributed by atoms with Gasteiger partial charge in [-0.25, -0.2) is 9.69 Å². The zero-order chi connectivity index (χ0) is 71.9. The Morgan fingerprint density at radius 1 is 0.304 bits per heavy atom. The van der Waals surface area contributed by atoms with Crippen LogP contribution in [-0.2, 0) is 18.5 Å². The minimum Gasteiger partial charge on any atom is -0.307 e. The van der Waals surface area contributed by atoms with Gasteiger partial charge in [-0.1, -0.05) is 97.1 Å². The van der Waals surface area contributed by atoms with E-state index >= 15 is 13.2 Å². The summed E-state index contributed by atoms with van der Waals surface area (Å²) in [6, 6.07) is 61.6. The molecule has 102 heavy (non-hydrogen) atoms. The summed E-state index contributed by atoms with van der Waals surface area (Å²) in [7, 11) is 0. The molecule has 16 heteroatoms. The maximum absolute atomic E-state index is 15.4. The third-order valence-corrected chi connectivity index (χ3v) is 19.9. The Balaban J connectivity index is 0.000000165. The van der Waals surface area contributed by atoms with Gasteiger partial charge in [0.1, 0.15) is 0 Å². The van der Waals surface area contributed by atoms with Crippen molar-refractivity contribution in [3.05, 3.63) is 296 Å². The van der Waals surface area contributed by atoms with Crippen molar-refractivity contribution in [2.45, 2.75) is 73.9 Å². The summed E-state index contributed by atoms with van der Waals surface area (Å²) in [6.45, 7) is 31.3. The third-order valence-electron chi connectivity index (χ3n) is 19.9. The van der Waals surface area contributed by atoms with Gasteiger partial charge in [-0.05, 0) is 226 Å². The topological polar surface area (TPSA) is 52.2 Å². The van der Waals surface area contributed by atoms with Gasteiger partial charge in [0.05, 0.1) is 97.2 Å². The standard InChI is InChI=1S/C43H29F6N3.C43H29F3N4/c1-23-10-6-14-32-38(23)39-24(2)11-7-15-33(39)51(32)36-21-30(27-18-28(42(44,45)46)20-29(19-27)50-5)31(43(47,48)49)22-37(36)52-34-16-8-12-25(3)40(34)41-26(4)13-9-17-35(41)52;1-24-10-6-14-33-39(24)40-25(2)11-7-15-34(40)49(33)37-20-29(23-47)32(28-18-30(43(44,45)46)21-31(19-28)48-5)22-38(37)50-35-16-8-12-26(3)41(35)42-27(4)13-9-17-36(42)50/h6-22H,1-4H3;6-22H,1-4H3. The van der Waals surface area contributed by atoms with Crippen LogP contribution >= 0.6 is 0 Å². The predicted octanol–water partition coefficient (Wildman–Crippen LogP) is 25.6. The largest absolute Gasteiger partial charge is 0.417 e. The van der Waals surface area contributed by atoms with E-state index in [1.54, 1.807) is 6.07 Å². The number of benzene rings is 12. The van der Waals surface area contributed by atoms with Gasteiger partial charge in [-0.3, -0.25) is 0 Å². The van der Waals surface area contributed by atoms with E-state index in [1.807, 2.05) is 140 Å². The van der Waals surface area contributed by atoms with Crippen molar-refractivity contribution < 1.29 is 39.5 Å². The van der Waals surface area contributed by atoms with Crippen LogP contribution < -0.4 is 0 Å². The fourth-order valence-corrected chi connectivity index (χ4v) is 15.5. The highest BCUT2D eigenvalue weighted by atomic mass is 19.4. The maximum Gasteiger partial charge on any atom is 0.417 e. The lowest BCUT2D eigenvalue weighted by Crippen LogP contribution is -2.12. The first-order valence-electron chi connectivity index (χ1n) is 32.7. The molecule has 0 aliphatic heterocycles. The Labute approximate surface area is 579 Å². The fourth-order valence-electron chi connectivity index (χ4n) is 15.5. The second-order valence-electron chi connectivity index (χ2n) is 26.2. The summed E-state index contributed by atoms with van der Waals surface area (Å²) < 4.78 is 139. The monoisotopic (exact) mass is 1360 g/mol. The van der Waals surface area contributed by atoms with Crippen molar-refractivity contribution in [2.24, 2.45) is 0 Å². The first kappa shape index (κ1) is 65.6. The molecular formula is C86H58F9N7. The number of fused-ring (bicyclic) bond motifs is 12. The van der Waals surface area contributed by atoms with Gasteiger partial charge in [0.2, 0.25) is 0 Å². The van der Waals surface area contributed by atoms with Gasteiger partial charge in [0.15, 0.2) is 11.4 Å². The van der Waals surface area contributed by atoms with Crippen LogP contribution in [0.25, 0.3) is 142 Å². The lowest BCUT2D eigenvalue weighted by Gasteiger charge is -2.23. The molecule has 0 bridgehead atoms. The summed E-state index contributed by atoms with van der Waals surface area (Å²) in [6.07, 6.45) is -14.5. The highest BCUT2D eigenvalue weighted by Gasteiger charge is 2.39. The molecule has 0 aliphatic carbocycles. The normalized spacial score (nSPS) is 12.1. The molecule has 0 saturated carbocycles. The smallest absolute Gasteiger partial charge is 0.307 e. The van der Waals surface area contributed by atoms with Gasteiger partial charge >= 0.3 is 18.5 Å². The number of nitrogens with zero attached hydrogens (tertiary/aromatic N) is 7. The highest BCUT2D eigenvalue weighted by Crippen LogP contribution is 2.50. The Hall–Kier alpha value is -12.3. The average molecular weight is 1360 g/mol. The van der Waals surface area contributed by atoms with Crippen LogP contribution in [0.4, 0.5) is 50.9 Å². The Morgan fingerprint density at radius 3 is 0.794 bits per heavy atom. The summed E-state index contributed by atoms with van der Waals surface area (Å²) >= 11 is 0. The minimum atomic E-state index is -4.98. The summed E-state index contributed by atoms with van der Waals surface area (Å²) in [4.78, 5) is 6.56. The van der Waals surface area contributed by atoms with E-state index in [0.717, 1.165) is 145 Å². The maximum atomic E-state index is 15.4. The van der Waals surface area contributed by atoms with E-state index in [-0.39, 0.29) is 28.1 Å². The lowest BCUT2D eigenvalue weighted by molar-refractivity contribution is -0.138. The molecule has 0 aliphatic rings. The molecular weight excluding hydrogens is 1300 g/mol. The molecule has 0 spiro atoms. The summed E-state index contributed by atoms with van der Waals surface area (Å²) in [5, 5.41) is 18.7. The molecule has 7 nitrogen and oxygen atoms in total. The SMILES string of the molecule is [C-]#[N+]c1cc(-c2cc(-n3c4cccc(C)c4c4c(C)cccc43)c(-n3c4cccc(C)c4c4c(C)cccc43)cc2C#N)cc(C(F)(F)F)c1.[C-]#[N+]c1cc(-c2cc(-n3c4cccc(C)c4c4c(C)cccc43)c(-n3c4cccc(C)c4c4c(C)cccc43)cc2C(F)(F)F)cc(C(F)(F)F)c1. The molecule has 0 N–H and O–H groups in total. The van der Waals surface area contributed by atoms with Crippen LogP contribution in [0.1, 0.15) is 66.8 Å². The van der Waals surface area contributed by atoms with E-state index in [4.69, 9.17) is 13.1 Å².